The van der Waals surface area contributed by atoms with Crippen LogP contribution < -0.4 is 4.90 Å². The Hall–Kier alpha value is -0.480. The van der Waals surface area contributed by atoms with Gasteiger partial charge in [-0.3, -0.25) is 0 Å². The summed E-state index contributed by atoms with van der Waals surface area (Å²) in [6.07, 6.45) is 3.05. The summed E-state index contributed by atoms with van der Waals surface area (Å²) in [6, 6.07) is 1.82. The lowest BCUT2D eigenvalue weighted by Gasteiger charge is -2.21. The standard InChI is InChI=1S/C10H16ClN3S/c1-4-6-14(5-2)9-7-8(11)12-10(13-9)15-3/h7H,4-6H2,1-3H3. The molecule has 0 atom stereocenters. The smallest absolute Gasteiger partial charge is 0.190 e. The van der Waals surface area contributed by atoms with E-state index in [0.717, 1.165) is 30.5 Å². The van der Waals surface area contributed by atoms with Gasteiger partial charge >= 0.3 is 0 Å². The zero-order valence-corrected chi connectivity index (χ0v) is 10.9. The number of halogens is 1. The maximum atomic E-state index is 5.94. The molecule has 0 N–H and O–H groups in total. The van der Waals surface area contributed by atoms with Gasteiger partial charge in [-0.1, -0.05) is 30.3 Å². The third kappa shape index (κ3) is 3.54. The normalized spacial score (nSPS) is 10.4. The van der Waals surface area contributed by atoms with Crippen LogP contribution in [-0.4, -0.2) is 29.3 Å². The summed E-state index contributed by atoms with van der Waals surface area (Å²) >= 11 is 7.45. The highest BCUT2D eigenvalue weighted by molar-refractivity contribution is 7.98. The minimum absolute atomic E-state index is 0.513. The number of hydrogen-bond donors (Lipinski definition) is 0. The highest BCUT2D eigenvalue weighted by Crippen LogP contribution is 2.20. The van der Waals surface area contributed by atoms with Crippen LogP contribution >= 0.6 is 23.4 Å². The molecule has 5 heteroatoms. The average Bonchev–Trinajstić information content (AvgIpc) is 2.24. The average molecular weight is 246 g/mol. The van der Waals surface area contributed by atoms with Crippen molar-refractivity contribution in [3.8, 4) is 0 Å². The third-order valence-electron chi connectivity index (χ3n) is 2.04. The van der Waals surface area contributed by atoms with Gasteiger partial charge in [-0.2, -0.15) is 0 Å². The van der Waals surface area contributed by atoms with Crippen molar-refractivity contribution in [3.05, 3.63) is 11.2 Å². The van der Waals surface area contributed by atoms with E-state index in [4.69, 9.17) is 11.6 Å². The van der Waals surface area contributed by atoms with Crippen LogP contribution in [0, 0.1) is 0 Å². The molecule has 0 radical (unpaired) electrons. The lowest BCUT2D eigenvalue weighted by molar-refractivity contribution is 0.765. The number of rotatable bonds is 5. The highest BCUT2D eigenvalue weighted by atomic mass is 35.5. The Bertz CT molecular complexity index is 320. The molecule has 15 heavy (non-hydrogen) atoms. The van der Waals surface area contributed by atoms with Gasteiger partial charge in [0.15, 0.2) is 5.16 Å². The first-order chi connectivity index (χ1) is 7.21. The molecule has 1 heterocycles. The molecule has 0 fully saturated rings. The molecule has 1 aromatic rings. The third-order valence-corrected chi connectivity index (χ3v) is 2.78. The summed E-state index contributed by atoms with van der Waals surface area (Å²) < 4.78 is 0. The Labute approximate surface area is 100 Å². The van der Waals surface area contributed by atoms with Gasteiger partial charge in [0.1, 0.15) is 11.0 Å². The van der Waals surface area contributed by atoms with Crippen LogP contribution in [0.5, 0.6) is 0 Å². The molecule has 0 bridgehead atoms. The first kappa shape index (κ1) is 12.6. The first-order valence-electron chi connectivity index (χ1n) is 5.04. The van der Waals surface area contributed by atoms with E-state index >= 15 is 0 Å². The summed E-state index contributed by atoms with van der Waals surface area (Å²) in [5.41, 5.74) is 0. The molecule has 0 aliphatic heterocycles. The zero-order valence-electron chi connectivity index (χ0n) is 9.33. The first-order valence-corrected chi connectivity index (χ1v) is 6.65. The van der Waals surface area contributed by atoms with Gasteiger partial charge < -0.3 is 4.90 Å². The molecule has 84 valence electrons. The highest BCUT2D eigenvalue weighted by Gasteiger charge is 2.08. The summed E-state index contributed by atoms with van der Waals surface area (Å²) in [5, 5.41) is 1.24. The number of nitrogens with zero attached hydrogens (tertiary/aromatic N) is 3. The number of thioether (sulfide) groups is 1. The lowest BCUT2D eigenvalue weighted by Crippen LogP contribution is -2.24. The maximum absolute atomic E-state index is 5.94. The van der Waals surface area contributed by atoms with E-state index in [1.807, 2.05) is 12.3 Å². The fourth-order valence-corrected chi connectivity index (χ4v) is 1.95. The largest absolute Gasteiger partial charge is 0.357 e. The van der Waals surface area contributed by atoms with Crippen LogP contribution in [0.3, 0.4) is 0 Å². The van der Waals surface area contributed by atoms with Crippen LogP contribution in [0.1, 0.15) is 20.3 Å². The molecule has 0 amide bonds. The van der Waals surface area contributed by atoms with Crippen molar-refractivity contribution in [2.75, 3.05) is 24.2 Å². The van der Waals surface area contributed by atoms with E-state index in [1.165, 1.54) is 11.8 Å². The minimum Gasteiger partial charge on any atom is -0.357 e. The molecular formula is C10H16ClN3S. The van der Waals surface area contributed by atoms with Crippen LogP contribution in [-0.2, 0) is 0 Å². The van der Waals surface area contributed by atoms with Gasteiger partial charge in [0.2, 0.25) is 0 Å². The van der Waals surface area contributed by atoms with E-state index in [9.17, 15) is 0 Å². The topological polar surface area (TPSA) is 29.0 Å². The van der Waals surface area contributed by atoms with Crippen LogP contribution in [0.15, 0.2) is 11.2 Å². The molecule has 1 aromatic heterocycles. The Morgan fingerprint density at radius 3 is 2.67 bits per heavy atom. The Morgan fingerprint density at radius 2 is 2.13 bits per heavy atom. The van der Waals surface area contributed by atoms with E-state index < -0.39 is 0 Å². The van der Waals surface area contributed by atoms with E-state index in [-0.39, 0.29) is 0 Å². The summed E-state index contributed by atoms with van der Waals surface area (Å²) in [7, 11) is 0. The fraction of sp³-hybridized carbons (Fsp3) is 0.600. The van der Waals surface area contributed by atoms with Gasteiger partial charge in [0.25, 0.3) is 0 Å². The Kier molecular flexibility index (Phi) is 5.19. The van der Waals surface area contributed by atoms with E-state index in [1.54, 1.807) is 0 Å². The quantitative estimate of drug-likeness (QED) is 0.453. The predicted molar refractivity (Wildman–Crippen MR) is 67.0 cm³/mol. The van der Waals surface area contributed by atoms with Crippen molar-refractivity contribution >= 4 is 29.2 Å². The molecule has 0 saturated carbocycles. The van der Waals surface area contributed by atoms with Gasteiger partial charge in [0.05, 0.1) is 0 Å². The van der Waals surface area contributed by atoms with Crippen molar-refractivity contribution in [1.82, 2.24) is 9.97 Å². The molecule has 3 nitrogen and oxygen atoms in total. The lowest BCUT2D eigenvalue weighted by atomic mass is 10.4. The number of hydrogen-bond acceptors (Lipinski definition) is 4. The van der Waals surface area contributed by atoms with E-state index in [0.29, 0.717) is 5.15 Å². The Balaban J connectivity index is 2.95. The second kappa shape index (κ2) is 6.18. The maximum Gasteiger partial charge on any atom is 0.190 e. The van der Waals surface area contributed by atoms with Crippen LogP contribution in [0.4, 0.5) is 5.82 Å². The van der Waals surface area contributed by atoms with Crippen molar-refractivity contribution in [1.29, 1.82) is 0 Å². The van der Waals surface area contributed by atoms with Crippen molar-refractivity contribution in [3.63, 3.8) is 0 Å². The van der Waals surface area contributed by atoms with Gasteiger partial charge in [-0.05, 0) is 19.6 Å². The zero-order chi connectivity index (χ0) is 11.3. The molecule has 0 aliphatic rings. The molecule has 1 rings (SSSR count). The second-order valence-electron chi connectivity index (χ2n) is 3.12. The molecule has 0 spiro atoms. The Morgan fingerprint density at radius 1 is 1.40 bits per heavy atom. The van der Waals surface area contributed by atoms with Crippen molar-refractivity contribution < 1.29 is 0 Å². The molecular weight excluding hydrogens is 230 g/mol. The van der Waals surface area contributed by atoms with Gasteiger partial charge in [-0.15, -0.1) is 0 Å². The summed E-state index contributed by atoms with van der Waals surface area (Å²) in [4.78, 5) is 10.8. The minimum atomic E-state index is 0.513. The van der Waals surface area contributed by atoms with Crippen molar-refractivity contribution in [2.24, 2.45) is 0 Å². The number of anilines is 1. The SMILES string of the molecule is CCCN(CC)c1cc(Cl)nc(SC)n1. The van der Waals surface area contributed by atoms with Gasteiger partial charge in [0, 0.05) is 19.2 Å². The number of aromatic nitrogens is 2. The fourth-order valence-electron chi connectivity index (χ4n) is 1.34. The molecule has 0 aromatic carbocycles. The van der Waals surface area contributed by atoms with E-state index in [2.05, 4.69) is 28.7 Å². The van der Waals surface area contributed by atoms with Crippen molar-refractivity contribution in [2.45, 2.75) is 25.4 Å². The van der Waals surface area contributed by atoms with Crippen LogP contribution in [0.25, 0.3) is 0 Å². The molecule has 0 saturated heterocycles. The monoisotopic (exact) mass is 245 g/mol. The van der Waals surface area contributed by atoms with Crippen LogP contribution in [0.2, 0.25) is 5.15 Å². The molecule has 0 aliphatic carbocycles. The molecule has 0 unspecified atom stereocenters. The summed E-state index contributed by atoms with van der Waals surface area (Å²) in [5.74, 6) is 0.920. The van der Waals surface area contributed by atoms with Gasteiger partial charge in [-0.25, -0.2) is 9.97 Å². The second-order valence-corrected chi connectivity index (χ2v) is 4.28. The summed E-state index contributed by atoms with van der Waals surface area (Å²) in [6.45, 7) is 6.21. The predicted octanol–water partition coefficient (Wildman–Crippen LogP) is 3.09.